The van der Waals surface area contributed by atoms with Gasteiger partial charge >= 0.3 is 6.03 Å². The fourth-order valence-corrected chi connectivity index (χ4v) is 2.17. The minimum atomic E-state index is -0.965. The molecule has 0 unspecified atom stereocenters. The van der Waals surface area contributed by atoms with Gasteiger partial charge in [0.25, 0.3) is 0 Å². The van der Waals surface area contributed by atoms with Crippen molar-refractivity contribution in [3.63, 3.8) is 0 Å². The zero-order valence-corrected chi connectivity index (χ0v) is 11.6. The van der Waals surface area contributed by atoms with Gasteiger partial charge < -0.3 is 10.0 Å². The number of carbonyl (C=O) groups excluding carboxylic acids is 1. The summed E-state index contributed by atoms with van der Waals surface area (Å²) in [6.45, 7) is 5.15. The number of carbonyl (C=O) groups is 1. The Morgan fingerprint density at radius 2 is 2.28 bits per heavy atom. The van der Waals surface area contributed by atoms with Gasteiger partial charge in [0.15, 0.2) is 0 Å². The van der Waals surface area contributed by atoms with Crippen LogP contribution in [0.25, 0.3) is 0 Å². The molecule has 2 N–H and O–H groups in total. The first-order valence-electron chi connectivity index (χ1n) is 5.35. The van der Waals surface area contributed by atoms with E-state index in [2.05, 4.69) is 9.69 Å². The number of hydrogen-bond acceptors (Lipinski definition) is 5. The Kier molecular flexibility index (Phi) is 4.27. The molecule has 0 atom stereocenters. The third-order valence-electron chi connectivity index (χ3n) is 2.17. The molecule has 0 saturated carbocycles. The fraction of sp³-hybridized carbons (Fsp3) is 0.545. The van der Waals surface area contributed by atoms with Crippen molar-refractivity contribution in [1.29, 1.82) is 5.26 Å². The molecular formula is C11H16N4O2S. The predicted octanol–water partition coefficient (Wildman–Crippen LogP) is 1.56. The minimum Gasteiger partial charge on any atom is -0.389 e. The van der Waals surface area contributed by atoms with Crippen molar-refractivity contribution >= 4 is 22.6 Å². The van der Waals surface area contributed by atoms with E-state index >= 15 is 0 Å². The van der Waals surface area contributed by atoms with Crippen LogP contribution in [0, 0.1) is 18.3 Å². The lowest BCUT2D eigenvalue weighted by atomic mass is 10.1. The molecule has 98 valence electrons. The van der Waals surface area contributed by atoms with Crippen LogP contribution in [0.4, 0.5) is 9.80 Å². The summed E-state index contributed by atoms with van der Waals surface area (Å²) >= 11 is 1.07. The van der Waals surface area contributed by atoms with E-state index in [4.69, 9.17) is 5.26 Å². The van der Waals surface area contributed by atoms with Crippen LogP contribution in [0.1, 0.15) is 25.1 Å². The summed E-state index contributed by atoms with van der Waals surface area (Å²) in [7, 11) is 1.58. The fourth-order valence-electron chi connectivity index (χ4n) is 1.43. The van der Waals surface area contributed by atoms with Gasteiger partial charge in [0.2, 0.25) is 0 Å². The Balaban J connectivity index is 2.73. The quantitative estimate of drug-likeness (QED) is 0.870. The van der Waals surface area contributed by atoms with Crippen molar-refractivity contribution in [1.82, 2.24) is 9.27 Å². The van der Waals surface area contributed by atoms with Crippen molar-refractivity contribution in [2.45, 2.75) is 26.4 Å². The molecule has 0 aliphatic heterocycles. The minimum absolute atomic E-state index is 0.193. The molecule has 6 nitrogen and oxygen atoms in total. The van der Waals surface area contributed by atoms with E-state index in [0.29, 0.717) is 16.3 Å². The highest BCUT2D eigenvalue weighted by molar-refractivity contribution is 7.10. The highest BCUT2D eigenvalue weighted by atomic mass is 32.1. The van der Waals surface area contributed by atoms with Crippen molar-refractivity contribution in [2.75, 3.05) is 18.9 Å². The number of urea groups is 1. The lowest BCUT2D eigenvalue weighted by molar-refractivity contribution is 0.0551. The number of amides is 2. The van der Waals surface area contributed by atoms with Crippen molar-refractivity contribution in [3.8, 4) is 6.07 Å². The summed E-state index contributed by atoms with van der Waals surface area (Å²) in [5, 5.41) is 21.6. The molecule has 1 heterocycles. The van der Waals surface area contributed by atoms with Crippen LogP contribution >= 0.6 is 11.5 Å². The van der Waals surface area contributed by atoms with Crippen LogP contribution in [0.3, 0.4) is 0 Å². The van der Waals surface area contributed by atoms with E-state index in [-0.39, 0.29) is 12.6 Å². The number of nitrogens with zero attached hydrogens (tertiary/aromatic N) is 3. The smallest absolute Gasteiger partial charge is 0.322 e. The summed E-state index contributed by atoms with van der Waals surface area (Å²) < 4.78 is 4.01. The largest absolute Gasteiger partial charge is 0.389 e. The molecule has 1 aromatic heterocycles. The molecule has 0 aliphatic carbocycles. The third kappa shape index (κ3) is 3.68. The van der Waals surface area contributed by atoms with E-state index in [1.807, 2.05) is 6.07 Å². The molecule has 0 spiro atoms. The zero-order chi connectivity index (χ0) is 13.9. The Morgan fingerprint density at radius 3 is 2.78 bits per heavy atom. The van der Waals surface area contributed by atoms with E-state index in [9.17, 15) is 9.90 Å². The Bertz CT molecular complexity index is 484. The van der Waals surface area contributed by atoms with E-state index in [1.165, 1.54) is 4.90 Å². The van der Waals surface area contributed by atoms with E-state index in [1.54, 1.807) is 27.8 Å². The monoisotopic (exact) mass is 268 g/mol. The van der Waals surface area contributed by atoms with Crippen LogP contribution in [0.5, 0.6) is 0 Å². The van der Waals surface area contributed by atoms with Crippen LogP contribution in [-0.4, -0.2) is 39.6 Å². The number of anilines is 1. The summed E-state index contributed by atoms with van der Waals surface area (Å²) in [6.07, 6.45) is 0. The van der Waals surface area contributed by atoms with Crippen LogP contribution in [0.15, 0.2) is 0 Å². The SMILES string of the molecule is Cc1nsc(NC(=O)N(C)CC(C)(C)O)c1C#N. The molecule has 2 amide bonds. The topological polar surface area (TPSA) is 89.2 Å². The van der Waals surface area contributed by atoms with Gasteiger partial charge in [-0.3, -0.25) is 5.32 Å². The van der Waals surface area contributed by atoms with Crippen LogP contribution in [-0.2, 0) is 0 Å². The first-order chi connectivity index (χ1) is 8.24. The molecule has 0 aromatic carbocycles. The van der Waals surface area contributed by atoms with Gasteiger partial charge in [-0.2, -0.15) is 9.64 Å². The standard InChI is InChI=1S/C11H16N4O2S/c1-7-8(5-12)9(18-14-7)13-10(16)15(4)6-11(2,3)17/h17H,6H2,1-4H3,(H,13,16). The average Bonchev–Trinajstić information content (AvgIpc) is 2.56. The Labute approximate surface area is 110 Å². The summed E-state index contributed by atoms with van der Waals surface area (Å²) in [5.41, 5.74) is 0.0151. The van der Waals surface area contributed by atoms with Gasteiger partial charge in [-0.05, 0) is 32.3 Å². The molecule has 18 heavy (non-hydrogen) atoms. The first kappa shape index (κ1) is 14.4. The molecular weight excluding hydrogens is 252 g/mol. The maximum atomic E-state index is 11.8. The lowest BCUT2D eigenvalue weighted by Gasteiger charge is -2.25. The summed E-state index contributed by atoms with van der Waals surface area (Å²) in [5.74, 6) is 0. The van der Waals surface area contributed by atoms with E-state index in [0.717, 1.165) is 11.5 Å². The molecule has 0 saturated heterocycles. The van der Waals surface area contributed by atoms with Crippen LogP contribution < -0.4 is 5.32 Å². The number of likely N-dealkylation sites (N-methyl/N-ethyl adjacent to an activating group) is 1. The molecule has 1 rings (SSSR count). The molecule has 0 fully saturated rings. The van der Waals surface area contributed by atoms with Crippen molar-refractivity contribution < 1.29 is 9.90 Å². The number of rotatable bonds is 3. The Hall–Kier alpha value is -1.65. The number of nitrogens with one attached hydrogen (secondary N) is 1. The maximum absolute atomic E-state index is 11.8. The van der Waals surface area contributed by atoms with Crippen LogP contribution in [0.2, 0.25) is 0 Å². The first-order valence-corrected chi connectivity index (χ1v) is 6.13. The van der Waals surface area contributed by atoms with Gasteiger partial charge in [0.1, 0.15) is 16.6 Å². The third-order valence-corrected chi connectivity index (χ3v) is 3.02. The highest BCUT2D eigenvalue weighted by Crippen LogP contribution is 2.23. The predicted molar refractivity (Wildman–Crippen MR) is 69.5 cm³/mol. The number of hydrogen-bond donors (Lipinski definition) is 2. The second-order valence-electron chi connectivity index (χ2n) is 4.68. The maximum Gasteiger partial charge on any atom is 0.322 e. The van der Waals surface area contributed by atoms with Gasteiger partial charge in [-0.25, -0.2) is 4.79 Å². The highest BCUT2D eigenvalue weighted by Gasteiger charge is 2.21. The summed E-state index contributed by atoms with van der Waals surface area (Å²) in [6, 6.07) is 1.62. The number of aryl methyl sites for hydroxylation is 1. The Morgan fingerprint density at radius 1 is 1.67 bits per heavy atom. The van der Waals surface area contributed by atoms with Gasteiger partial charge in [-0.15, -0.1) is 0 Å². The number of nitriles is 1. The number of aliphatic hydroxyl groups is 1. The van der Waals surface area contributed by atoms with Crippen molar-refractivity contribution in [2.24, 2.45) is 0 Å². The van der Waals surface area contributed by atoms with Gasteiger partial charge in [0, 0.05) is 7.05 Å². The van der Waals surface area contributed by atoms with Gasteiger partial charge in [0.05, 0.1) is 17.8 Å². The van der Waals surface area contributed by atoms with Crippen molar-refractivity contribution in [3.05, 3.63) is 11.3 Å². The second kappa shape index (κ2) is 5.33. The normalized spacial score (nSPS) is 10.9. The number of aromatic nitrogens is 1. The molecule has 0 bridgehead atoms. The molecule has 0 aliphatic rings. The van der Waals surface area contributed by atoms with Gasteiger partial charge in [-0.1, -0.05) is 0 Å². The lowest BCUT2D eigenvalue weighted by Crippen LogP contribution is -2.41. The second-order valence-corrected chi connectivity index (χ2v) is 5.46. The van der Waals surface area contributed by atoms with E-state index < -0.39 is 5.60 Å². The summed E-state index contributed by atoms with van der Waals surface area (Å²) in [4.78, 5) is 13.2. The molecule has 7 heteroatoms. The zero-order valence-electron chi connectivity index (χ0n) is 10.8. The average molecular weight is 268 g/mol. The molecule has 1 aromatic rings. The molecule has 0 radical (unpaired) electrons.